The molecule has 9 heteroatoms. The summed E-state index contributed by atoms with van der Waals surface area (Å²) in [5.41, 5.74) is 2.38. The van der Waals surface area contributed by atoms with Crippen molar-refractivity contribution in [2.24, 2.45) is 5.41 Å². The minimum atomic E-state index is -0.890. The second-order valence-corrected chi connectivity index (χ2v) is 13.1. The van der Waals surface area contributed by atoms with E-state index in [1.807, 2.05) is 59.5 Å². The van der Waals surface area contributed by atoms with Crippen molar-refractivity contribution in [2.75, 3.05) is 11.6 Å². The maximum atomic E-state index is 15.5. The zero-order chi connectivity index (χ0) is 29.9. The van der Waals surface area contributed by atoms with Crippen molar-refractivity contribution in [3.05, 3.63) is 129 Å². The molecule has 1 aromatic heterocycles. The molecule has 0 unspecified atom stereocenters. The Bertz CT molecular complexity index is 1790. The normalized spacial score (nSPS) is 20.4. The van der Waals surface area contributed by atoms with Gasteiger partial charge in [0.1, 0.15) is 12.8 Å². The maximum absolute atomic E-state index is 15.5. The number of hydrogen-bond acceptors (Lipinski definition) is 5. The van der Waals surface area contributed by atoms with Gasteiger partial charge in [0.05, 0.1) is 6.04 Å². The number of halogens is 2. The predicted octanol–water partition coefficient (Wildman–Crippen LogP) is 6.64. The van der Waals surface area contributed by atoms with Crippen molar-refractivity contribution in [1.82, 2.24) is 9.58 Å². The molecule has 1 saturated heterocycles. The van der Waals surface area contributed by atoms with Crippen LogP contribution in [0.2, 0.25) is 0 Å². The number of ether oxygens (including phenoxy) is 1. The van der Waals surface area contributed by atoms with E-state index in [-0.39, 0.29) is 35.1 Å². The third-order valence-electron chi connectivity index (χ3n) is 8.78. The Balaban J connectivity index is 1.47. The summed E-state index contributed by atoms with van der Waals surface area (Å²) in [5, 5.41) is 2.08. The maximum Gasteiger partial charge on any atom is 0.278 e. The lowest BCUT2D eigenvalue weighted by Crippen LogP contribution is -2.65. The van der Waals surface area contributed by atoms with Crippen molar-refractivity contribution in [2.45, 2.75) is 56.2 Å². The summed E-state index contributed by atoms with van der Waals surface area (Å²) in [6, 6.07) is 21.0. The molecule has 3 aliphatic heterocycles. The van der Waals surface area contributed by atoms with E-state index in [0.29, 0.717) is 24.1 Å². The first-order chi connectivity index (χ1) is 20.7. The van der Waals surface area contributed by atoms with Crippen LogP contribution in [0.25, 0.3) is 0 Å². The number of fused-ring (bicyclic) bond motifs is 4. The molecule has 3 aliphatic rings. The summed E-state index contributed by atoms with van der Waals surface area (Å²) in [4.78, 5) is 30.4. The van der Waals surface area contributed by atoms with Gasteiger partial charge in [-0.05, 0) is 47.1 Å². The number of piperidine rings is 1. The number of pyridine rings is 1. The Morgan fingerprint density at radius 3 is 2.53 bits per heavy atom. The summed E-state index contributed by atoms with van der Waals surface area (Å²) in [6.07, 6.45) is 2.64. The highest BCUT2D eigenvalue weighted by Crippen LogP contribution is 2.47. The van der Waals surface area contributed by atoms with E-state index >= 15 is 4.39 Å². The molecule has 7 rings (SSSR count). The van der Waals surface area contributed by atoms with Gasteiger partial charge in [-0.1, -0.05) is 68.4 Å². The standard InChI is InChI=1S/C34H31F2N3O3S/c1-34(2)15-17-37-28(18-34)39(30-22-12-13-25(35)29(36)24(22)20-43-27-11-7-6-10-23(27)30)38-16-14-26(40)32(31(38)33(37)41)42-19-21-8-4-3-5-9-21/h3-14,16,28,30H,15,17-20H2,1-2H3/t28-,30+/m1/s1. The fourth-order valence-corrected chi connectivity index (χ4v) is 7.66. The van der Waals surface area contributed by atoms with Crippen LogP contribution in [0.4, 0.5) is 8.78 Å². The molecule has 3 aromatic carbocycles. The zero-order valence-corrected chi connectivity index (χ0v) is 24.7. The lowest BCUT2D eigenvalue weighted by molar-refractivity contribution is 0.0241. The van der Waals surface area contributed by atoms with Gasteiger partial charge in [0.25, 0.3) is 5.91 Å². The van der Waals surface area contributed by atoms with E-state index in [0.717, 1.165) is 22.4 Å². The van der Waals surface area contributed by atoms with Crippen molar-refractivity contribution >= 4 is 17.7 Å². The van der Waals surface area contributed by atoms with E-state index in [1.54, 1.807) is 16.9 Å². The van der Waals surface area contributed by atoms with E-state index in [1.165, 1.54) is 23.9 Å². The van der Waals surface area contributed by atoms with Crippen molar-refractivity contribution in [1.29, 1.82) is 0 Å². The van der Waals surface area contributed by atoms with Crippen LogP contribution in [-0.4, -0.2) is 28.2 Å². The van der Waals surface area contributed by atoms with Crippen molar-refractivity contribution in [3.63, 3.8) is 0 Å². The first-order valence-electron chi connectivity index (χ1n) is 14.4. The first-order valence-corrected chi connectivity index (χ1v) is 15.4. The number of carbonyl (C=O) groups is 1. The number of hydrogen-bond donors (Lipinski definition) is 0. The van der Waals surface area contributed by atoms with E-state index in [9.17, 15) is 14.0 Å². The van der Waals surface area contributed by atoms with Crippen LogP contribution in [0.15, 0.2) is 88.7 Å². The number of amides is 1. The molecule has 2 atom stereocenters. The average Bonchev–Trinajstić information content (AvgIpc) is 3.16. The van der Waals surface area contributed by atoms with E-state index < -0.39 is 29.3 Å². The van der Waals surface area contributed by atoms with Crippen molar-refractivity contribution < 1.29 is 18.3 Å². The summed E-state index contributed by atoms with van der Waals surface area (Å²) >= 11 is 1.47. The molecule has 0 aliphatic carbocycles. The molecule has 1 amide bonds. The van der Waals surface area contributed by atoms with E-state index in [2.05, 4.69) is 18.9 Å². The highest BCUT2D eigenvalue weighted by atomic mass is 32.2. The summed E-state index contributed by atoms with van der Waals surface area (Å²) in [7, 11) is 0. The van der Waals surface area contributed by atoms with Gasteiger partial charge in [-0.2, -0.15) is 0 Å². The molecule has 43 heavy (non-hydrogen) atoms. The highest BCUT2D eigenvalue weighted by Gasteiger charge is 2.49. The van der Waals surface area contributed by atoms with Gasteiger partial charge in [-0.25, -0.2) is 8.78 Å². The Labute approximate surface area is 252 Å². The van der Waals surface area contributed by atoms with Gasteiger partial charge in [0, 0.05) is 35.0 Å². The van der Waals surface area contributed by atoms with Crippen molar-refractivity contribution in [3.8, 4) is 5.75 Å². The number of nitrogens with zero attached hydrogens (tertiary/aromatic N) is 3. The molecule has 220 valence electrons. The molecular formula is C34H31F2N3O3S. The van der Waals surface area contributed by atoms with Crippen LogP contribution >= 0.6 is 11.8 Å². The Kier molecular flexibility index (Phi) is 6.80. The first kappa shape index (κ1) is 27.7. The average molecular weight is 600 g/mol. The summed E-state index contributed by atoms with van der Waals surface area (Å²) < 4.78 is 38.0. The van der Waals surface area contributed by atoms with Gasteiger partial charge in [-0.15, -0.1) is 11.8 Å². The lowest BCUT2D eigenvalue weighted by Gasteiger charge is -2.54. The largest absolute Gasteiger partial charge is 0.482 e. The van der Waals surface area contributed by atoms with Gasteiger partial charge < -0.3 is 9.64 Å². The van der Waals surface area contributed by atoms with Crippen LogP contribution in [0, 0.1) is 17.0 Å². The fraction of sp³-hybridized carbons (Fsp3) is 0.294. The number of benzene rings is 3. The van der Waals surface area contributed by atoms with Crippen LogP contribution < -0.4 is 15.2 Å². The lowest BCUT2D eigenvalue weighted by atomic mass is 9.79. The molecule has 1 fully saturated rings. The fourth-order valence-electron chi connectivity index (χ4n) is 6.54. The molecule has 0 spiro atoms. The van der Waals surface area contributed by atoms with Crippen LogP contribution in [0.5, 0.6) is 5.75 Å². The van der Waals surface area contributed by atoms with Crippen LogP contribution in [0.3, 0.4) is 0 Å². The topological polar surface area (TPSA) is 54.8 Å². The zero-order valence-electron chi connectivity index (χ0n) is 23.9. The minimum Gasteiger partial charge on any atom is -0.482 e. The minimum absolute atomic E-state index is 0.0218. The highest BCUT2D eigenvalue weighted by molar-refractivity contribution is 7.98. The second-order valence-electron chi connectivity index (χ2n) is 12.1. The molecule has 6 nitrogen and oxygen atoms in total. The van der Waals surface area contributed by atoms with Gasteiger partial charge in [0.2, 0.25) is 5.43 Å². The van der Waals surface area contributed by atoms with Gasteiger partial charge >= 0.3 is 0 Å². The molecule has 0 radical (unpaired) electrons. The Hall–Kier alpha value is -4.11. The smallest absolute Gasteiger partial charge is 0.278 e. The van der Waals surface area contributed by atoms with Crippen LogP contribution in [-0.2, 0) is 12.4 Å². The summed E-state index contributed by atoms with van der Waals surface area (Å²) in [6.45, 7) is 4.97. The Morgan fingerprint density at radius 2 is 1.72 bits per heavy atom. The molecule has 0 bridgehead atoms. The molecule has 4 aromatic rings. The van der Waals surface area contributed by atoms with E-state index in [4.69, 9.17) is 4.74 Å². The number of thioether (sulfide) groups is 1. The third kappa shape index (κ3) is 4.70. The predicted molar refractivity (Wildman–Crippen MR) is 162 cm³/mol. The van der Waals surface area contributed by atoms with Gasteiger partial charge in [0.15, 0.2) is 23.1 Å². The molecule has 4 heterocycles. The summed E-state index contributed by atoms with van der Waals surface area (Å²) in [5.74, 6) is -1.78. The number of aromatic nitrogens is 1. The molecule has 0 N–H and O–H groups in total. The SMILES string of the molecule is CC1(C)CCN2C(=O)c3c(OCc4ccccc4)c(=O)ccn3N([C@@H]3c4ccccc4SCc4c3ccc(F)c4F)[C@@H]2C1. The number of rotatable bonds is 4. The van der Waals surface area contributed by atoms with Gasteiger partial charge in [-0.3, -0.25) is 19.3 Å². The van der Waals surface area contributed by atoms with Crippen LogP contribution in [0.1, 0.15) is 65.5 Å². The number of carbonyl (C=O) groups excluding carboxylic acids is 1. The molecular weight excluding hydrogens is 568 g/mol. The quantitative estimate of drug-likeness (QED) is 0.263. The monoisotopic (exact) mass is 599 g/mol. The third-order valence-corrected chi connectivity index (χ3v) is 9.90. The Morgan fingerprint density at radius 1 is 0.953 bits per heavy atom. The molecule has 0 saturated carbocycles. The second kappa shape index (κ2) is 10.6.